The average molecular weight is 200 g/mol. The zero-order valence-electron chi connectivity index (χ0n) is 8.35. The molecule has 0 bridgehead atoms. The first-order chi connectivity index (χ1) is 6.63. The first-order valence-corrected chi connectivity index (χ1v) is 4.94. The largest absolute Gasteiger partial charge is 0.481 e. The minimum atomic E-state index is -0.763. The number of nitroso groups, excluding NO2 is 1. The lowest BCUT2D eigenvalue weighted by molar-refractivity contribution is -0.141. The Hall–Kier alpha value is -1.13. The molecule has 2 unspecified atom stereocenters. The van der Waals surface area contributed by atoms with Crippen LogP contribution < -0.4 is 0 Å². The van der Waals surface area contributed by atoms with Gasteiger partial charge in [0, 0.05) is 13.1 Å². The maximum atomic E-state index is 10.6. The number of aliphatic carboxylic acids is 1. The molecule has 0 aromatic carbocycles. The standard InChI is InChI=1S/C9H16N2O3/c1-7(9(12)13)5-8-3-2-4-11(6-8)10-14/h7-8H,2-6H2,1H3,(H,12,13). The minimum Gasteiger partial charge on any atom is -0.481 e. The van der Waals surface area contributed by atoms with Crippen molar-refractivity contribution < 1.29 is 9.90 Å². The number of hydrogen-bond donors (Lipinski definition) is 1. The normalized spacial score (nSPS) is 24.4. The Balaban J connectivity index is 2.37. The number of nitrogens with zero attached hydrogens (tertiary/aromatic N) is 2. The molecule has 0 aromatic rings. The van der Waals surface area contributed by atoms with Crippen LogP contribution in [0.2, 0.25) is 0 Å². The molecule has 0 amide bonds. The number of carbonyl (C=O) groups is 1. The minimum absolute atomic E-state index is 0.299. The first kappa shape index (κ1) is 10.9. The van der Waals surface area contributed by atoms with Gasteiger partial charge in [-0.3, -0.25) is 9.80 Å². The Labute approximate surface area is 83.0 Å². The Morgan fingerprint density at radius 1 is 1.71 bits per heavy atom. The third kappa shape index (κ3) is 2.97. The van der Waals surface area contributed by atoms with Gasteiger partial charge in [0.2, 0.25) is 0 Å². The van der Waals surface area contributed by atoms with Crippen molar-refractivity contribution >= 4 is 5.97 Å². The van der Waals surface area contributed by atoms with Gasteiger partial charge in [-0.2, -0.15) is 0 Å². The van der Waals surface area contributed by atoms with Crippen LogP contribution in [-0.4, -0.2) is 29.2 Å². The highest BCUT2D eigenvalue weighted by molar-refractivity contribution is 5.69. The van der Waals surface area contributed by atoms with Crippen LogP contribution in [0.15, 0.2) is 5.29 Å². The topological polar surface area (TPSA) is 70.0 Å². The van der Waals surface area contributed by atoms with Crippen molar-refractivity contribution in [3.8, 4) is 0 Å². The molecule has 1 rings (SSSR count). The Morgan fingerprint density at radius 2 is 2.43 bits per heavy atom. The van der Waals surface area contributed by atoms with Gasteiger partial charge in [0.25, 0.3) is 0 Å². The SMILES string of the molecule is CC(CC1CCCN(N=O)C1)C(=O)O. The molecule has 0 aliphatic carbocycles. The van der Waals surface area contributed by atoms with Crippen molar-refractivity contribution in [2.45, 2.75) is 26.2 Å². The van der Waals surface area contributed by atoms with Crippen LogP contribution in [0.5, 0.6) is 0 Å². The fraction of sp³-hybridized carbons (Fsp3) is 0.889. The summed E-state index contributed by atoms with van der Waals surface area (Å²) in [7, 11) is 0. The summed E-state index contributed by atoms with van der Waals surface area (Å²) in [4.78, 5) is 20.9. The van der Waals surface area contributed by atoms with E-state index in [0.717, 1.165) is 12.8 Å². The van der Waals surface area contributed by atoms with E-state index in [1.54, 1.807) is 6.92 Å². The summed E-state index contributed by atoms with van der Waals surface area (Å²) in [6.07, 6.45) is 2.58. The Kier molecular flexibility index (Phi) is 3.85. The molecule has 1 N–H and O–H groups in total. The summed E-state index contributed by atoms with van der Waals surface area (Å²) in [5.74, 6) is -0.791. The van der Waals surface area contributed by atoms with Crippen molar-refractivity contribution in [1.29, 1.82) is 0 Å². The average Bonchev–Trinajstić information content (AvgIpc) is 2.18. The molecule has 1 aliphatic rings. The molecule has 5 heteroatoms. The molecule has 80 valence electrons. The van der Waals surface area contributed by atoms with Crippen molar-refractivity contribution in [3.05, 3.63) is 4.91 Å². The van der Waals surface area contributed by atoms with Crippen molar-refractivity contribution in [2.24, 2.45) is 17.1 Å². The van der Waals surface area contributed by atoms with E-state index in [1.165, 1.54) is 5.01 Å². The van der Waals surface area contributed by atoms with Crippen LogP contribution in [0.4, 0.5) is 0 Å². The van der Waals surface area contributed by atoms with Crippen molar-refractivity contribution in [1.82, 2.24) is 5.01 Å². The van der Waals surface area contributed by atoms with E-state index in [-0.39, 0.29) is 5.92 Å². The molecule has 0 saturated carbocycles. The molecule has 1 heterocycles. The Bertz CT molecular complexity index is 220. The summed E-state index contributed by atoms with van der Waals surface area (Å²) in [5, 5.41) is 13.1. The van der Waals surface area contributed by atoms with E-state index in [9.17, 15) is 9.70 Å². The highest BCUT2D eigenvalue weighted by Crippen LogP contribution is 2.23. The van der Waals surface area contributed by atoms with Gasteiger partial charge in [-0.1, -0.05) is 6.92 Å². The molecule has 1 saturated heterocycles. The second kappa shape index (κ2) is 4.93. The van der Waals surface area contributed by atoms with Gasteiger partial charge in [-0.15, -0.1) is 4.91 Å². The smallest absolute Gasteiger partial charge is 0.306 e. The van der Waals surface area contributed by atoms with Crippen LogP contribution in [0, 0.1) is 16.7 Å². The van der Waals surface area contributed by atoms with Gasteiger partial charge in [0.1, 0.15) is 0 Å². The van der Waals surface area contributed by atoms with E-state index in [2.05, 4.69) is 5.29 Å². The van der Waals surface area contributed by atoms with Gasteiger partial charge in [-0.05, 0) is 25.2 Å². The Morgan fingerprint density at radius 3 is 3.00 bits per heavy atom. The van der Waals surface area contributed by atoms with Crippen molar-refractivity contribution in [3.63, 3.8) is 0 Å². The molecule has 2 atom stereocenters. The van der Waals surface area contributed by atoms with E-state index in [0.29, 0.717) is 25.4 Å². The van der Waals surface area contributed by atoms with Gasteiger partial charge in [0.05, 0.1) is 11.2 Å². The molecular formula is C9H16N2O3. The van der Waals surface area contributed by atoms with Gasteiger partial charge < -0.3 is 5.11 Å². The monoisotopic (exact) mass is 200 g/mol. The second-order valence-corrected chi connectivity index (χ2v) is 3.98. The van der Waals surface area contributed by atoms with Gasteiger partial charge in [-0.25, -0.2) is 0 Å². The summed E-state index contributed by atoms with van der Waals surface area (Å²) >= 11 is 0. The highest BCUT2D eigenvalue weighted by atomic mass is 16.4. The van der Waals surface area contributed by atoms with E-state index < -0.39 is 5.97 Å². The molecule has 0 radical (unpaired) electrons. The molecule has 1 aliphatic heterocycles. The van der Waals surface area contributed by atoms with Crippen LogP contribution in [-0.2, 0) is 4.79 Å². The highest BCUT2D eigenvalue weighted by Gasteiger charge is 2.23. The lowest BCUT2D eigenvalue weighted by atomic mass is 9.89. The zero-order valence-corrected chi connectivity index (χ0v) is 8.35. The van der Waals surface area contributed by atoms with E-state index >= 15 is 0 Å². The number of carboxylic acids is 1. The molecule has 5 nitrogen and oxygen atoms in total. The molecule has 14 heavy (non-hydrogen) atoms. The summed E-state index contributed by atoms with van der Waals surface area (Å²) < 4.78 is 0. The van der Waals surface area contributed by atoms with Crippen molar-refractivity contribution in [2.75, 3.05) is 13.1 Å². The lowest BCUT2D eigenvalue weighted by Gasteiger charge is -2.29. The predicted octanol–water partition coefficient (Wildman–Crippen LogP) is 1.49. The number of rotatable bonds is 4. The fourth-order valence-electron chi connectivity index (χ4n) is 1.91. The summed E-state index contributed by atoms with van der Waals surface area (Å²) in [6.45, 7) is 3.03. The second-order valence-electron chi connectivity index (χ2n) is 3.98. The van der Waals surface area contributed by atoms with Gasteiger partial charge >= 0.3 is 5.97 Å². The summed E-state index contributed by atoms with van der Waals surface area (Å²) in [5.41, 5.74) is 0. The molecular weight excluding hydrogens is 184 g/mol. The van der Waals surface area contributed by atoms with Gasteiger partial charge in [0.15, 0.2) is 0 Å². The molecule has 0 spiro atoms. The lowest BCUT2D eigenvalue weighted by Crippen LogP contribution is -2.32. The van der Waals surface area contributed by atoms with Crippen LogP contribution in [0.1, 0.15) is 26.2 Å². The number of hydrogen-bond acceptors (Lipinski definition) is 3. The predicted molar refractivity (Wildman–Crippen MR) is 51.5 cm³/mol. The fourth-order valence-corrected chi connectivity index (χ4v) is 1.91. The first-order valence-electron chi connectivity index (χ1n) is 4.94. The van der Waals surface area contributed by atoms with E-state index in [1.807, 2.05) is 0 Å². The molecule has 1 fully saturated rings. The zero-order chi connectivity index (χ0) is 10.6. The third-order valence-corrected chi connectivity index (χ3v) is 2.72. The quantitative estimate of drug-likeness (QED) is 0.698. The number of carboxylic acid groups (broad SMARTS) is 1. The molecule has 0 aromatic heterocycles. The third-order valence-electron chi connectivity index (χ3n) is 2.72. The summed E-state index contributed by atoms with van der Waals surface area (Å²) in [6, 6.07) is 0. The van der Waals surface area contributed by atoms with Crippen LogP contribution in [0.25, 0.3) is 0 Å². The maximum absolute atomic E-state index is 10.6. The van der Waals surface area contributed by atoms with Crippen LogP contribution >= 0.6 is 0 Å². The number of piperidine rings is 1. The maximum Gasteiger partial charge on any atom is 0.306 e. The van der Waals surface area contributed by atoms with Crippen LogP contribution in [0.3, 0.4) is 0 Å². The van der Waals surface area contributed by atoms with E-state index in [4.69, 9.17) is 5.11 Å².